The first-order valence-corrected chi connectivity index (χ1v) is 6.79. The highest BCUT2D eigenvalue weighted by Gasteiger charge is 2.20. The third kappa shape index (κ3) is 3.43. The van der Waals surface area contributed by atoms with Crippen molar-refractivity contribution in [2.24, 2.45) is 0 Å². The molecule has 1 aromatic rings. The molecule has 0 aliphatic carbocycles. The molecule has 102 valence electrons. The Kier molecular flexibility index (Phi) is 5.55. The average molecular weight is 272 g/mol. The molecule has 0 fully saturated rings. The van der Waals surface area contributed by atoms with Gasteiger partial charge in [-0.25, -0.2) is 9.78 Å². The Hall–Kier alpha value is -1.14. The Balaban J connectivity index is 2.97. The first kappa shape index (κ1) is 14.9. The lowest BCUT2D eigenvalue weighted by Gasteiger charge is -2.27. The first-order chi connectivity index (χ1) is 8.51. The van der Waals surface area contributed by atoms with Gasteiger partial charge in [0.1, 0.15) is 4.88 Å². The summed E-state index contributed by atoms with van der Waals surface area (Å²) in [5, 5.41) is 9.82. The van der Waals surface area contributed by atoms with Gasteiger partial charge in [-0.05, 0) is 20.3 Å². The number of carboxylic acids is 1. The van der Waals surface area contributed by atoms with Crippen LogP contribution in [0, 0.1) is 6.92 Å². The first-order valence-electron chi connectivity index (χ1n) is 5.97. The third-order valence-corrected chi connectivity index (χ3v) is 4.07. The van der Waals surface area contributed by atoms with E-state index in [4.69, 9.17) is 9.84 Å². The number of hydrogen-bond donors (Lipinski definition) is 1. The Labute approximate surface area is 111 Å². The molecule has 1 aromatic heterocycles. The van der Waals surface area contributed by atoms with E-state index in [1.54, 1.807) is 14.0 Å². The molecule has 0 aliphatic heterocycles. The van der Waals surface area contributed by atoms with E-state index in [0.717, 1.165) is 18.1 Å². The lowest BCUT2D eigenvalue weighted by Crippen LogP contribution is -2.35. The summed E-state index contributed by atoms with van der Waals surface area (Å²) < 4.78 is 5.09. The zero-order valence-corrected chi connectivity index (χ0v) is 12.1. The molecule has 0 amide bonds. The minimum Gasteiger partial charge on any atom is -0.477 e. The number of hydrogen-bond acceptors (Lipinski definition) is 5. The van der Waals surface area contributed by atoms with Gasteiger partial charge in [-0.3, -0.25) is 0 Å². The molecule has 0 aromatic carbocycles. The van der Waals surface area contributed by atoms with Crippen molar-refractivity contribution in [3.63, 3.8) is 0 Å². The average Bonchev–Trinajstić information content (AvgIpc) is 2.71. The minimum atomic E-state index is -0.910. The second kappa shape index (κ2) is 6.70. The van der Waals surface area contributed by atoms with E-state index < -0.39 is 5.97 Å². The van der Waals surface area contributed by atoms with Crippen molar-refractivity contribution >= 4 is 22.4 Å². The summed E-state index contributed by atoms with van der Waals surface area (Å²) in [5.74, 6) is -0.910. The van der Waals surface area contributed by atoms with Crippen LogP contribution in [0.2, 0.25) is 0 Å². The standard InChI is InChI=1S/C12H20N2O3S/c1-5-8(2)14(6-7-17-4)12-13-9(3)10(18-12)11(15)16/h8H,5-7H2,1-4H3,(H,15,16). The summed E-state index contributed by atoms with van der Waals surface area (Å²) >= 11 is 1.23. The van der Waals surface area contributed by atoms with Crippen molar-refractivity contribution in [3.05, 3.63) is 10.6 Å². The van der Waals surface area contributed by atoms with Crippen LogP contribution < -0.4 is 4.90 Å². The van der Waals surface area contributed by atoms with Crippen LogP contribution in [-0.4, -0.2) is 42.4 Å². The van der Waals surface area contributed by atoms with E-state index in [9.17, 15) is 4.79 Å². The number of aromatic carboxylic acids is 1. The molecule has 0 saturated carbocycles. The quantitative estimate of drug-likeness (QED) is 0.825. The van der Waals surface area contributed by atoms with Crippen molar-refractivity contribution in [2.75, 3.05) is 25.2 Å². The van der Waals surface area contributed by atoms with E-state index in [0.29, 0.717) is 23.2 Å². The molecule has 1 N–H and O–H groups in total. The highest BCUT2D eigenvalue weighted by molar-refractivity contribution is 7.17. The molecule has 0 saturated heterocycles. The van der Waals surface area contributed by atoms with E-state index in [2.05, 4.69) is 23.7 Å². The van der Waals surface area contributed by atoms with Gasteiger partial charge in [0.2, 0.25) is 0 Å². The number of carbonyl (C=O) groups is 1. The number of aryl methyl sites for hydroxylation is 1. The zero-order chi connectivity index (χ0) is 13.7. The van der Waals surface area contributed by atoms with Crippen LogP contribution in [0.25, 0.3) is 0 Å². The zero-order valence-electron chi connectivity index (χ0n) is 11.3. The molecule has 1 atom stereocenters. The fourth-order valence-electron chi connectivity index (χ4n) is 1.62. The van der Waals surface area contributed by atoms with Gasteiger partial charge >= 0.3 is 5.97 Å². The van der Waals surface area contributed by atoms with Gasteiger partial charge < -0.3 is 14.7 Å². The van der Waals surface area contributed by atoms with Crippen LogP contribution in [-0.2, 0) is 4.74 Å². The molecule has 0 bridgehead atoms. The summed E-state index contributed by atoms with van der Waals surface area (Å²) in [7, 11) is 1.66. The Morgan fingerprint density at radius 1 is 1.61 bits per heavy atom. The van der Waals surface area contributed by atoms with Crippen LogP contribution >= 0.6 is 11.3 Å². The smallest absolute Gasteiger partial charge is 0.347 e. The third-order valence-electron chi connectivity index (χ3n) is 2.88. The van der Waals surface area contributed by atoms with Gasteiger partial charge in [0.15, 0.2) is 5.13 Å². The summed E-state index contributed by atoms with van der Waals surface area (Å²) in [6, 6.07) is 0.312. The fraction of sp³-hybridized carbons (Fsp3) is 0.667. The molecule has 0 spiro atoms. The predicted molar refractivity (Wildman–Crippen MR) is 72.8 cm³/mol. The number of thiazole rings is 1. The van der Waals surface area contributed by atoms with Crippen molar-refractivity contribution < 1.29 is 14.6 Å². The SMILES string of the molecule is CCC(C)N(CCOC)c1nc(C)c(C(=O)O)s1. The molecule has 1 rings (SSSR count). The summed E-state index contributed by atoms with van der Waals surface area (Å²) in [4.78, 5) is 17.8. The molecule has 18 heavy (non-hydrogen) atoms. The second-order valence-electron chi connectivity index (χ2n) is 4.16. The molecule has 0 radical (unpaired) electrons. The fourth-order valence-corrected chi connectivity index (χ4v) is 2.65. The van der Waals surface area contributed by atoms with Crippen LogP contribution in [0.15, 0.2) is 0 Å². The van der Waals surface area contributed by atoms with E-state index >= 15 is 0 Å². The maximum Gasteiger partial charge on any atom is 0.347 e. The Bertz CT molecular complexity index is 406. The van der Waals surface area contributed by atoms with Crippen molar-refractivity contribution in [1.29, 1.82) is 0 Å². The van der Waals surface area contributed by atoms with Crippen LogP contribution in [0.1, 0.15) is 35.6 Å². The predicted octanol–water partition coefficient (Wildman–Crippen LogP) is 2.40. The minimum absolute atomic E-state index is 0.312. The Morgan fingerprint density at radius 3 is 2.72 bits per heavy atom. The molecular formula is C12H20N2O3S. The molecule has 1 heterocycles. The van der Waals surface area contributed by atoms with Gasteiger partial charge in [0.05, 0.1) is 12.3 Å². The second-order valence-corrected chi connectivity index (χ2v) is 5.14. The maximum atomic E-state index is 11.0. The summed E-state index contributed by atoms with van der Waals surface area (Å²) in [6.45, 7) is 7.26. The number of methoxy groups -OCH3 is 1. The van der Waals surface area contributed by atoms with Crippen LogP contribution in [0.5, 0.6) is 0 Å². The topological polar surface area (TPSA) is 62.7 Å². The number of aromatic nitrogens is 1. The maximum absolute atomic E-state index is 11.0. The number of ether oxygens (including phenoxy) is 1. The highest BCUT2D eigenvalue weighted by Crippen LogP contribution is 2.27. The molecular weight excluding hydrogens is 252 g/mol. The van der Waals surface area contributed by atoms with Gasteiger partial charge in [-0.2, -0.15) is 0 Å². The molecule has 5 nitrogen and oxygen atoms in total. The van der Waals surface area contributed by atoms with E-state index in [1.165, 1.54) is 11.3 Å². The number of rotatable bonds is 7. The molecule has 0 aliphatic rings. The van der Waals surface area contributed by atoms with Crippen molar-refractivity contribution in [3.8, 4) is 0 Å². The largest absolute Gasteiger partial charge is 0.477 e. The molecule has 1 unspecified atom stereocenters. The normalized spacial score (nSPS) is 12.4. The van der Waals surface area contributed by atoms with Crippen LogP contribution in [0.3, 0.4) is 0 Å². The lowest BCUT2D eigenvalue weighted by atomic mass is 10.2. The Morgan fingerprint density at radius 2 is 2.28 bits per heavy atom. The van der Waals surface area contributed by atoms with Gasteiger partial charge in [-0.15, -0.1) is 0 Å². The summed E-state index contributed by atoms with van der Waals surface area (Å²) in [5.41, 5.74) is 0.577. The molecule has 6 heteroatoms. The van der Waals surface area contributed by atoms with Crippen molar-refractivity contribution in [2.45, 2.75) is 33.2 Å². The number of nitrogens with zero attached hydrogens (tertiary/aromatic N) is 2. The summed E-state index contributed by atoms with van der Waals surface area (Å²) in [6.07, 6.45) is 0.977. The highest BCUT2D eigenvalue weighted by atomic mass is 32.1. The number of anilines is 1. The number of carboxylic acid groups (broad SMARTS) is 1. The van der Waals surface area contributed by atoms with Crippen LogP contribution in [0.4, 0.5) is 5.13 Å². The van der Waals surface area contributed by atoms with E-state index in [1.807, 2.05) is 0 Å². The van der Waals surface area contributed by atoms with E-state index in [-0.39, 0.29) is 0 Å². The van der Waals surface area contributed by atoms with Gasteiger partial charge in [0, 0.05) is 19.7 Å². The van der Waals surface area contributed by atoms with Gasteiger partial charge in [-0.1, -0.05) is 18.3 Å². The van der Waals surface area contributed by atoms with Gasteiger partial charge in [0.25, 0.3) is 0 Å². The van der Waals surface area contributed by atoms with Crippen molar-refractivity contribution in [1.82, 2.24) is 4.98 Å². The lowest BCUT2D eigenvalue weighted by molar-refractivity contribution is 0.0701. The monoisotopic (exact) mass is 272 g/mol.